The van der Waals surface area contributed by atoms with Crippen molar-refractivity contribution in [1.82, 2.24) is 4.98 Å². The fraction of sp³-hybridized carbons (Fsp3) is 0.0769. The summed E-state index contributed by atoms with van der Waals surface area (Å²) >= 11 is 0. The van der Waals surface area contributed by atoms with Gasteiger partial charge in [-0.05, 0) is 31.2 Å². The maximum atomic E-state index is 10.5. The molecule has 0 aliphatic carbocycles. The monoisotopic (exact) mass is 256 g/mol. The molecule has 0 unspecified atom stereocenters. The largest absolute Gasteiger partial charge is 0.278 e. The SMILES string of the molecule is Cc1cccc(/C=N/Nc2ccc([N+](=O)[O-])cc2)n1. The Kier molecular flexibility index (Phi) is 3.82. The van der Waals surface area contributed by atoms with Crippen molar-refractivity contribution in [2.24, 2.45) is 5.10 Å². The molecule has 0 amide bonds. The Morgan fingerprint density at radius 3 is 2.63 bits per heavy atom. The van der Waals surface area contributed by atoms with Gasteiger partial charge in [0.2, 0.25) is 0 Å². The van der Waals surface area contributed by atoms with Crippen molar-refractivity contribution in [2.75, 3.05) is 5.43 Å². The molecule has 1 aromatic heterocycles. The third-order valence-electron chi connectivity index (χ3n) is 2.38. The third-order valence-corrected chi connectivity index (χ3v) is 2.38. The van der Waals surface area contributed by atoms with Gasteiger partial charge in [-0.2, -0.15) is 5.10 Å². The quantitative estimate of drug-likeness (QED) is 0.518. The second-order valence-corrected chi connectivity index (χ2v) is 3.88. The van der Waals surface area contributed by atoms with Crippen molar-refractivity contribution in [3.05, 3.63) is 64.0 Å². The molecular weight excluding hydrogens is 244 g/mol. The van der Waals surface area contributed by atoms with Gasteiger partial charge in [0.15, 0.2) is 0 Å². The molecule has 6 nitrogen and oxygen atoms in total. The molecule has 0 saturated heterocycles. The van der Waals surface area contributed by atoms with Gasteiger partial charge in [-0.25, -0.2) is 0 Å². The highest BCUT2D eigenvalue weighted by Crippen LogP contribution is 2.15. The van der Waals surface area contributed by atoms with Gasteiger partial charge in [-0.3, -0.25) is 20.5 Å². The number of non-ortho nitro benzene ring substituents is 1. The van der Waals surface area contributed by atoms with E-state index < -0.39 is 4.92 Å². The molecular formula is C13H12N4O2. The van der Waals surface area contributed by atoms with Crippen molar-refractivity contribution < 1.29 is 4.92 Å². The Morgan fingerprint density at radius 2 is 2.00 bits per heavy atom. The first-order valence-electron chi connectivity index (χ1n) is 5.62. The number of benzene rings is 1. The lowest BCUT2D eigenvalue weighted by atomic mass is 10.3. The highest BCUT2D eigenvalue weighted by Gasteiger charge is 2.02. The van der Waals surface area contributed by atoms with Crippen LogP contribution in [0.3, 0.4) is 0 Å². The van der Waals surface area contributed by atoms with E-state index in [1.54, 1.807) is 18.3 Å². The van der Waals surface area contributed by atoms with Gasteiger partial charge in [-0.1, -0.05) is 6.07 Å². The summed E-state index contributed by atoms with van der Waals surface area (Å²) in [5.41, 5.74) is 5.17. The standard InChI is InChI=1S/C13H12N4O2/c1-10-3-2-4-12(15-10)9-14-16-11-5-7-13(8-6-11)17(18)19/h2-9,16H,1H3/b14-9+. The smallest absolute Gasteiger partial charge is 0.269 e. The van der Waals surface area contributed by atoms with Crippen molar-refractivity contribution >= 4 is 17.6 Å². The minimum atomic E-state index is -0.441. The van der Waals surface area contributed by atoms with Crippen LogP contribution in [0, 0.1) is 17.0 Å². The number of rotatable bonds is 4. The Labute approximate surface area is 110 Å². The second-order valence-electron chi connectivity index (χ2n) is 3.88. The summed E-state index contributed by atoms with van der Waals surface area (Å²) < 4.78 is 0. The lowest BCUT2D eigenvalue weighted by Gasteiger charge is -1.99. The van der Waals surface area contributed by atoms with Crippen LogP contribution in [0.5, 0.6) is 0 Å². The average Bonchev–Trinajstić information content (AvgIpc) is 2.39. The Balaban J connectivity index is 2.00. The van der Waals surface area contributed by atoms with E-state index in [1.807, 2.05) is 25.1 Å². The highest BCUT2D eigenvalue weighted by molar-refractivity contribution is 5.77. The molecule has 2 rings (SSSR count). The number of nitrogens with zero attached hydrogens (tertiary/aromatic N) is 3. The Hall–Kier alpha value is -2.76. The summed E-state index contributed by atoms with van der Waals surface area (Å²) in [6.45, 7) is 1.90. The predicted octanol–water partition coefficient (Wildman–Crippen LogP) is 2.74. The van der Waals surface area contributed by atoms with Crippen molar-refractivity contribution in [2.45, 2.75) is 6.92 Å². The fourth-order valence-electron chi connectivity index (χ4n) is 1.47. The molecule has 2 aromatic rings. The normalized spacial score (nSPS) is 10.6. The van der Waals surface area contributed by atoms with Crippen molar-refractivity contribution in [1.29, 1.82) is 0 Å². The lowest BCUT2D eigenvalue weighted by Crippen LogP contribution is -1.94. The van der Waals surface area contributed by atoms with Crippen LogP contribution in [0.15, 0.2) is 47.6 Å². The molecule has 96 valence electrons. The molecule has 19 heavy (non-hydrogen) atoms. The topological polar surface area (TPSA) is 80.4 Å². The maximum Gasteiger partial charge on any atom is 0.269 e. The number of pyridine rings is 1. The average molecular weight is 256 g/mol. The number of hydrazone groups is 1. The molecule has 6 heteroatoms. The van der Waals surface area contributed by atoms with Gasteiger partial charge in [0.1, 0.15) is 0 Å². The molecule has 1 aromatic carbocycles. The van der Waals surface area contributed by atoms with E-state index in [-0.39, 0.29) is 5.69 Å². The van der Waals surface area contributed by atoms with Crippen LogP contribution in [0.1, 0.15) is 11.4 Å². The summed E-state index contributed by atoms with van der Waals surface area (Å²) in [5.74, 6) is 0. The molecule has 0 saturated carbocycles. The number of aromatic nitrogens is 1. The van der Waals surface area contributed by atoms with Crippen molar-refractivity contribution in [3.63, 3.8) is 0 Å². The van der Waals surface area contributed by atoms with Gasteiger partial charge in [0.05, 0.1) is 22.5 Å². The zero-order valence-corrected chi connectivity index (χ0v) is 10.3. The van der Waals surface area contributed by atoms with Crippen LogP contribution in [0.2, 0.25) is 0 Å². The minimum Gasteiger partial charge on any atom is -0.278 e. The number of nitro benzene ring substituents is 1. The second kappa shape index (κ2) is 5.72. The van der Waals surface area contributed by atoms with Gasteiger partial charge < -0.3 is 0 Å². The van der Waals surface area contributed by atoms with Crippen LogP contribution in [0.4, 0.5) is 11.4 Å². The molecule has 0 aliphatic rings. The first kappa shape index (κ1) is 12.7. The summed E-state index contributed by atoms with van der Waals surface area (Å²) in [5, 5.41) is 14.5. The van der Waals surface area contributed by atoms with Gasteiger partial charge in [0, 0.05) is 17.8 Å². The van der Waals surface area contributed by atoms with Gasteiger partial charge in [0.25, 0.3) is 5.69 Å². The maximum absolute atomic E-state index is 10.5. The molecule has 0 spiro atoms. The van der Waals surface area contributed by atoms with Crippen LogP contribution >= 0.6 is 0 Å². The Morgan fingerprint density at radius 1 is 1.26 bits per heavy atom. The molecule has 0 atom stereocenters. The first-order chi connectivity index (χ1) is 9.15. The minimum absolute atomic E-state index is 0.0508. The molecule has 0 aliphatic heterocycles. The van der Waals surface area contributed by atoms with Crippen molar-refractivity contribution in [3.8, 4) is 0 Å². The first-order valence-corrected chi connectivity index (χ1v) is 5.62. The van der Waals surface area contributed by atoms with Crippen LogP contribution in [0.25, 0.3) is 0 Å². The van der Waals surface area contributed by atoms with E-state index in [1.165, 1.54) is 12.1 Å². The van der Waals surface area contributed by atoms with Gasteiger partial charge >= 0.3 is 0 Å². The molecule has 0 radical (unpaired) electrons. The van der Waals surface area contributed by atoms with Crippen LogP contribution in [-0.2, 0) is 0 Å². The van der Waals surface area contributed by atoms with E-state index in [2.05, 4.69) is 15.5 Å². The number of aryl methyl sites for hydroxylation is 1. The molecule has 1 N–H and O–H groups in total. The molecule has 0 fully saturated rings. The molecule has 1 heterocycles. The van der Waals surface area contributed by atoms with E-state index >= 15 is 0 Å². The van der Waals surface area contributed by atoms with E-state index in [0.717, 1.165) is 11.4 Å². The number of hydrogen-bond donors (Lipinski definition) is 1. The van der Waals surface area contributed by atoms with Gasteiger partial charge in [-0.15, -0.1) is 0 Å². The van der Waals surface area contributed by atoms with E-state index in [4.69, 9.17) is 0 Å². The zero-order chi connectivity index (χ0) is 13.7. The highest BCUT2D eigenvalue weighted by atomic mass is 16.6. The number of nitrogens with one attached hydrogen (secondary N) is 1. The third kappa shape index (κ3) is 3.60. The summed E-state index contributed by atoms with van der Waals surface area (Å²) in [4.78, 5) is 14.3. The summed E-state index contributed by atoms with van der Waals surface area (Å²) in [7, 11) is 0. The van der Waals surface area contributed by atoms with Crippen LogP contribution < -0.4 is 5.43 Å². The molecule has 0 bridgehead atoms. The zero-order valence-electron chi connectivity index (χ0n) is 10.3. The summed E-state index contributed by atoms with van der Waals surface area (Å²) in [6, 6.07) is 11.7. The number of hydrogen-bond acceptors (Lipinski definition) is 5. The van der Waals surface area contributed by atoms with E-state index in [0.29, 0.717) is 5.69 Å². The lowest BCUT2D eigenvalue weighted by molar-refractivity contribution is -0.384. The fourth-order valence-corrected chi connectivity index (χ4v) is 1.47. The predicted molar refractivity (Wildman–Crippen MR) is 73.3 cm³/mol. The van der Waals surface area contributed by atoms with E-state index in [9.17, 15) is 10.1 Å². The Bertz CT molecular complexity index is 608. The number of anilines is 1. The summed E-state index contributed by atoms with van der Waals surface area (Å²) in [6.07, 6.45) is 1.59. The van der Waals surface area contributed by atoms with Crippen LogP contribution in [-0.4, -0.2) is 16.1 Å². The number of nitro groups is 1.